The second kappa shape index (κ2) is 12.3. The van der Waals surface area contributed by atoms with Crippen LogP contribution in [0.3, 0.4) is 0 Å². The van der Waals surface area contributed by atoms with Gasteiger partial charge in [0.25, 0.3) is 11.8 Å². The quantitative estimate of drug-likeness (QED) is 0.316. The highest BCUT2D eigenvalue weighted by molar-refractivity contribution is 8.26. The fraction of sp³-hybridized carbons (Fsp3) is 0.182. The van der Waals surface area contributed by atoms with Gasteiger partial charge in [-0.25, -0.2) is 19.2 Å². The number of carboxylic acid groups (broad SMARTS) is 2. The first-order valence-corrected chi connectivity index (χ1v) is 16.8. The maximum absolute atomic E-state index is 12.8. The smallest absolute Gasteiger partial charge is 0.348 e. The van der Waals surface area contributed by atoms with E-state index in [9.17, 15) is 39.0 Å². The van der Waals surface area contributed by atoms with Crippen LogP contribution in [-0.4, -0.2) is 81.8 Å². The standard InChI is InChI=1S/C22H14N4O10S6/c1-37-17-7(15(31)23-21(33)25-17)19-39-11-9(35-3-5(27)28)13-14(10(12(11)40-19)36-4-6(29)30)42-20(41-13)8-16(32)24-22(34)26-18(8)38-2/h3-4H2,1-2H3,(H,27,28)(H,29,30)(H,23,31,33)(H,24,32,34). The SMILES string of the molecule is CSC1=NC(=O)NC(=O)C1=C1Sc2c(OCC(=O)O)c3c(c(OCC(=O)O)c2S1)SC(=C1C(=O)NC(=O)N=C1SC)S3. The molecule has 4 N–H and O–H groups in total. The summed E-state index contributed by atoms with van der Waals surface area (Å²) in [6.07, 6.45) is 3.28. The first-order valence-electron chi connectivity index (χ1n) is 11.1. The van der Waals surface area contributed by atoms with Gasteiger partial charge in [0.15, 0.2) is 24.7 Å². The van der Waals surface area contributed by atoms with E-state index >= 15 is 0 Å². The number of amides is 6. The molecule has 4 aliphatic heterocycles. The summed E-state index contributed by atoms with van der Waals surface area (Å²) in [6.45, 7) is -1.47. The summed E-state index contributed by atoms with van der Waals surface area (Å²) in [7, 11) is 0. The number of urea groups is 2. The zero-order chi connectivity index (χ0) is 30.3. The highest BCUT2D eigenvalue weighted by Crippen LogP contribution is 2.68. The van der Waals surface area contributed by atoms with Crippen LogP contribution in [0.4, 0.5) is 9.59 Å². The molecule has 0 unspecified atom stereocenters. The van der Waals surface area contributed by atoms with Crippen LogP contribution in [0, 0.1) is 0 Å². The van der Waals surface area contributed by atoms with Crippen LogP contribution >= 0.6 is 70.6 Å². The average Bonchev–Trinajstić information content (AvgIpc) is 3.54. The van der Waals surface area contributed by atoms with Crippen molar-refractivity contribution in [3.05, 3.63) is 19.6 Å². The minimum atomic E-state index is -1.27. The van der Waals surface area contributed by atoms with Crippen molar-refractivity contribution in [3.8, 4) is 11.5 Å². The van der Waals surface area contributed by atoms with E-state index in [4.69, 9.17) is 9.47 Å². The van der Waals surface area contributed by atoms with Crippen LogP contribution in [0.5, 0.6) is 11.5 Å². The molecule has 0 saturated heterocycles. The molecule has 0 bridgehead atoms. The fourth-order valence-electron chi connectivity index (χ4n) is 3.66. The van der Waals surface area contributed by atoms with Crippen molar-refractivity contribution in [2.24, 2.45) is 9.98 Å². The molecule has 0 saturated carbocycles. The summed E-state index contributed by atoms with van der Waals surface area (Å²) in [5.74, 6) is -3.69. The molecule has 6 amide bonds. The normalized spacial score (nSPS) is 17.9. The van der Waals surface area contributed by atoms with Crippen molar-refractivity contribution in [3.63, 3.8) is 0 Å². The predicted octanol–water partition coefficient (Wildman–Crippen LogP) is 3.45. The molecule has 4 heterocycles. The number of nitrogens with one attached hydrogen (secondary N) is 2. The van der Waals surface area contributed by atoms with Crippen LogP contribution < -0.4 is 20.1 Å². The Balaban J connectivity index is 1.71. The van der Waals surface area contributed by atoms with Crippen molar-refractivity contribution in [1.29, 1.82) is 0 Å². The number of imide groups is 2. The molecule has 0 aromatic heterocycles. The van der Waals surface area contributed by atoms with Gasteiger partial charge in [-0.3, -0.25) is 20.2 Å². The fourth-order valence-corrected chi connectivity index (χ4v) is 10.7. The second-order valence-corrected chi connectivity index (χ2v) is 14.0. The van der Waals surface area contributed by atoms with Crippen LogP contribution in [0.1, 0.15) is 0 Å². The molecule has 1 aromatic carbocycles. The lowest BCUT2D eigenvalue weighted by Gasteiger charge is -2.16. The number of nitrogens with zero attached hydrogens (tertiary/aromatic N) is 2. The van der Waals surface area contributed by atoms with Gasteiger partial charge in [-0.15, -0.1) is 23.5 Å². The molecule has 0 radical (unpaired) electrons. The van der Waals surface area contributed by atoms with Crippen molar-refractivity contribution in [1.82, 2.24) is 10.6 Å². The first kappa shape index (κ1) is 30.4. The third kappa shape index (κ3) is 5.78. The topological polar surface area (TPSA) is 210 Å². The molecule has 0 atom stereocenters. The highest BCUT2D eigenvalue weighted by atomic mass is 32.2. The molecular weight excluding hydrogens is 673 g/mol. The molecule has 0 fully saturated rings. The number of hydrogen-bond acceptors (Lipinski definition) is 14. The Morgan fingerprint density at radius 1 is 0.690 bits per heavy atom. The third-order valence-corrected chi connectivity index (χ3v) is 11.8. The third-order valence-electron chi connectivity index (χ3n) is 5.22. The van der Waals surface area contributed by atoms with E-state index < -0.39 is 49.0 Å². The number of thioether (sulfide) groups is 6. The van der Waals surface area contributed by atoms with E-state index in [1.165, 1.54) is 0 Å². The maximum Gasteiger partial charge on any atom is 0.348 e. The van der Waals surface area contributed by atoms with Gasteiger partial charge in [0.2, 0.25) is 0 Å². The maximum atomic E-state index is 12.8. The number of fused-ring (bicyclic) bond motifs is 2. The molecule has 218 valence electrons. The van der Waals surface area contributed by atoms with E-state index in [0.717, 1.165) is 70.6 Å². The minimum absolute atomic E-state index is 0.106. The van der Waals surface area contributed by atoms with E-state index in [1.54, 1.807) is 12.5 Å². The molecule has 42 heavy (non-hydrogen) atoms. The van der Waals surface area contributed by atoms with Crippen LogP contribution in [-0.2, 0) is 19.2 Å². The van der Waals surface area contributed by atoms with Gasteiger partial charge in [0, 0.05) is 0 Å². The summed E-state index contributed by atoms with van der Waals surface area (Å²) in [4.78, 5) is 81.4. The molecule has 5 rings (SSSR count). The van der Waals surface area contributed by atoms with Gasteiger partial charge < -0.3 is 19.7 Å². The zero-order valence-electron chi connectivity index (χ0n) is 20.9. The number of hydrogen-bond donors (Lipinski definition) is 4. The number of rotatable bonds is 6. The summed E-state index contributed by atoms with van der Waals surface area (Å²) < 4.78 is 12.2. The zero-order valence-corrected chi connectivity index (χ0v) is 25.8. The largest absolute Gasteiger partial charge is 0.479 e. The number of carboxylic acids is 2. The lowest BCUT2D eigenvalue weighted by Crippen LogP contribution is -2.36. The molecule has 20 heteroatoms. The number of ether oxygens (including phenoxy) is 2. The van der Waals surface area contributed by atoms with Gasteiger partial charge in [0.05, 0.1) is 39.2 Å². The Hall–Kier alpha value is -3.04. The molecule has 1 aromatic rings. The predicted molar refractivity (Wildman–Crippen MR) is 159 cm³/mol. The van der Waals surface area contributed by atoms with Crippen molar-refractivity contribution >= 4 is 116 Å². The van der Waals surface area contributed by atoms with Gasteiger partial charge in [-0.1, -0.05) is 47.0 Å². The van der Waals surface area contributed by atoms with Gasteiger partial charge in [0.1, 0.15) is 10.1 Å². The Morgan fingerprint density at radius 3 is 1.31 bits per heavy atom. The second-order valence-electron chi connectivity index (χ2n) is 7.83. The van der Waals surface area contributed by atoms with Gasteiger partial charge in [-0.05, 0) is 12.5 Å². The molecule has 14 nitrogen and oxygen atoms in total. The summed E-state index contributed by atoms with van der Waals surface area (Å²) in [6, 6.07) is -1.63. The van der Waals surface area contributed by atoms with Gasteiger partial charge in [-0.2, -0.15) is 9.98 Å². The molecular formula is C22H14N4O10S6. The Bertz CT molecular complexity index is 1490. The van der Waals surface area contributed by atoms with E-state index in [-0.39, 0.29) is 32.7 Å². The van der Waals surface area contributed by atoms with E-state index in [1.807, 2.05) is 0 Å². The van der Waals surface area contributed by atoms with Crippen LogP contribution in [0.2, 0.25) is 0 Å². The number of benzene rings is 1. The van der Waals surface area contributed by atoms with Crippen LogP contribution in [0.25, 0.3) is 0 Å². The van der Waals surface area contributed by atoms with E-state index in [0.29, 0.717) is 28.1 Å². The van der Waals surface area contributed by atoms with E-state index in [2.05, 4.69) is 20.6 Å². The summed E-state index contributed by atoms with van der Waals surface area (Å²) in [5.41, 5.74) is 0.212. The monoisotopic (exact) mass is 686 g/mol. The van der Waals surface area contributed by atoms with Gasteiger partial charge >= 0.3 is 24.0 Å². The number of aliphatic imine (C=N–C) groups is 2. The molecule has 4 aliphatic rings. The first-order chi connectivity index (χ1) is 20.0. The lowest BCUT2D eigenvalue weighted by atomic mass is 10.3. The van der Waals surface area contributed by atoms with Crippen molar-refractivity contribution in [2.75, 3.05) is 25.7 Å². The number of aliphatic carboxylic acids is 2. The van der Waals surface area contributed by atoms with Crippen LogP contribution in [0.15, 0.2) is 49.2 Å². The Labute approximate surface area is 260 Å². The summed E-state index contributed by atoms with van der Waals surface area (Å²) >= 11 is 6.33. The average molecular weight is 687 g/mol. The Kier molecular flexibility index (Phi) is 8.90. The minimum Gasteiger partial charge on any atom is -0.479 e. The molecule has 0 spiro atoms. The molecule has 0 aliphatic carbocycles. The highest BCUT2D eigenvalue weighted by Gasteiger charge is 2.42. The lowest BCUT2D eigenvalue weighted by molar-refractivity contribution is -0.140. The van der Waals surface area contributed by atoms with Crippen molar-refractivity contribution < 1.29 is 48.5 Å². The van der Waals surface area contributed by atoms with Crippen molar-refractivity contribution in [2.45, 2.75) is 19.6 Å². The number of carbonyl (C=O) groups excluding carboxylic acids is 4. The summed E-state index contributed by atoms with van der Waals surface area (Å²) in [5, 5.41) is 23.4. The Morgan fingerprint density at radius 2 is 1.02 bits per heavy atom. The number of carbonyl (C=O) groups is 6.